The Hall–Kier alpha value is -1.40. The van der Waals surface area contributed by atoms with Gasteiger partial charge in [0, 0.05) is 32.1 Å². The van der Waals surface area contributed by atoms with E-state index in [1.165, 1.54) is 25.7 Å². The summed E-state index contributed by atoms with van der Waals surface area (Å²) in [6, 6.07) is 5.81. The molecule has 1 aliphatic carbocycles. The van der Waals surface area contributed by atoms with Gasteiger partial charge >= 0.3 is 0 Å². The number of rotatable bonds is 4. The van der Waals surface area contributed by atoms with Crippen molar-refractivity contribution in [3.8, 4) is 0 Å². The van der Waals surface area contributed by atoms with Crippen LogP contribution in [0.5, 0.6) is 0 Å². The molecule has 0 bridgehead atoms. The van der Waals surface area contributed by atoms with Gasteiger partial charge in [0.25, 0.3) is 0 Å². The second-order valence-electron chi connectivity index (χ2n) is 8.54. The molecule has 0 radical (unpaired) electrons. The van der Waals surface area contributed by atoms with E-state index >= 15 is 0 Å². The van der Waals surface area contributed by atoms with Gasteiger partial charge in [0.05, 0.1) is 4.90 Å². The van der Waals surface area contributed by atoms with E-state index in [1.54, 1.807) is 10.4 Å². The van der Waals surface area contributed by atoms with E-state index in [1.807, 2.05) is 37.9 Å². The average Bonchev–Trinajstić information content (AvgIpc) is 2.96. The lowest BCUT2D eigenvalue weighted by Crippen LogP contribution is -2.46. The SMILES string of the molecule is Cc1ccc(S(=O)(=O)N2CCC(C(=O)N(C)C3CCCCCC3)CC2)c(C)c1. The molecule has 1 amide bonds. The van der Waals surface area contributed by atoms with Crippen LogP contribution in [-0.2, 0) is 14.8 Å². The summed E-state index contributed by atoms with van der Waals surface area (Å²) in [6.45, 7) is 4.65. The Morgan fingerprint density at radius 3 is 2.18 bits per heavy atom. The van der Waals surface area contributed by atoms with Crippen LogP contribution >= 0.6 is 0 Å². The number of carbonyl (C=O) groups excluding carboxylic acids is 1. The summed E-state index contributed by atoms with van der Waals surface area (Å²) in [5.41, 5.74) is 1.84. The minimum Gasteiger partial charge on any atom is -0.343 e. The molecular weight excluding hydrogens is 372 g/mol. The van der Waals surface area contributed by atoms with E-state index in [-0.39, 0.29) is 11.8 Å². The first-order valence-electron chi connectivity index (χ1n) is 10.6. The highest BCUT2D eigenvalue weighted by Gasteiger charge is 2.35. The minimum atomic E-state index is -3.50. The van der Waals surface area contributed by atoms with Crippen LogP contribution in [-0.4, -0.2) is 49.7 Å². The van der Waals surface area contributed by atoms with Crippen LogP contribution in [0.2, 0.25) is 0 Å². The Labute approximate surface area is 170 Å². The topological polar surface area (TPSA) is 57.7 Å². The highest BCUT2D eigenvalue weighted by molar-refractivity contribution is 7.89. The van der Waals surface area contributed by atoms with Crippen LogP contribution in [0.25, 0.3) is 0 Å². The number of aryl methyl sites for hydroxylation is 2. The number of benzene rings is 1. The van der Waals surface area contributed by atoms with Crippen LogP contribution < -0.4 is 0 Å². The molecule has 156 valence electrons. The summed E-state index contributed by atoms with van der Waals surface area (Å²) in [4.78, 5) is 15.3. The lowest BCUT2D eigenvalue weighted by atomic mass is 9.95. The van der Waals surface area contributed by atoms with Gasteiger partial charge in [0.1, 0.15) is 0 Å². The van der Waals surface area contributed by atoms with Gasteiger partial charge in [-0.05, 0) is 51.2 Å². The van der Waals surface area contributed by atoms with Gasteiger partial charge in [0.15, 0.2) is 0 Å². The van der Waals surface area contributed by atoms with Gasteiger partial charge < -0.3 is 4.90 Å². The fraction of sp³-hybridized carbons (Fsp3) is 0.682. The third kappa shape index (κ3) is 4.60. The van der Waals surface area contributed by atoms with Crippen LogP contribution in [0.1, 0.15) is 62.5 Å². The maximum atomic E-state index is 13.0. The molecule has 28 heavy (non-hydrogen) atoms. The largest absolute Gasteiger partial charge is 0.343 e. The van der Waals surface area contributed by atoms with Gasteiger partial charge in [-0.2, -0.15) is 4.31 Å². The number of amides is 1. The van der Waals surface area contributed by atoms with Crippen LogP contribution in [0.4, 0.5) is 0 Å². The first-order chi connectivity index (χ1) is 13.3. The van der Waals surface area contributed by atoms with Crippen molar-refractivity contribution in [2.24, 2.45) is 5.92 Å². The third-order valence-corrected chi connectivity index (χ3v) is 8.53. The predicted molar refractivity (Wildman–Crippen MR) is 112 cm³/mol. The number of sulfonamides is 1. The molecule has 5 nitrogen and oxygen atoms in total. The molecular formula is C22H34N2O3S. The van der Waals surface area contributed by atoms with Crippen LogP contribution in [0, 0.1) is 19.8 Å². The molecule has 3 rings (SSSR count). The van der Waals surface area contributed by atoms with E-state index in [0.29, 0.717) is 36.9 Å². The zero-order chi connectivity index (χ0) is 20.3. The van der Waals surface area contributed by atoms with Crippen molar-refractivity contribution in [1.82, 2.24) is 9.21 Å². The second-order valence-corrected chi connectivity index (χ2v) is 10.4. The van der Waals surface area contributed by atoms with Gasteiger partial charge in [-0.25, -0.2) is 8.42 Å². The Bertz CT molecular complexity index is 790. The van der Waals surface area contributed by atoms with E-state index in [9.17, 15) is 13.2 Å². The standard InChI is InChI=1S/C22H34N2O3S/c1-17-10-11-21(18(2)16-17)28(26,27)24-14-12-19(13-15-24)22(25)23(3)20-8-6-4-5-7-9-20/h10-11,16,19-20H,4-9,12-15H2,1-3H3. The normalized spacial score (nSPS) is 20.7. The van der Waals surface area contributed by atoms with E-state index in [4.69, 9.17) is 0 Å². The second kappa shape index (κ2) is 8.95. The fourth-order valence-electron chi connectivity index (χ4n) is 4.68. The molecule has 0 aromatic heterocycles. The Balaban J connectivity index is 1.62. The van der Waals surface area contributed by atoms with E-state index < -0.39 is 10.0 Å². The number of piperidine rings is 1. The number of hydrogen-bond donors (Lipinski definition) is 0. The third-order valence-electron chi connectivity index (χ3n) is 6.47. The summed E-state index contributed by atoms with van der Waals surface area (Å²) >= 11 is 0. The Morgan fingerprint density at radius 2 is 1.61 bits per heavy atom. The Kier molecular flexibility index (Phi) is 6.81. The minimum absolute atomic E-state index is 0.0567. The molecule has 1 heterocycles. The van der Waals surface area contributed by atoms with Crippen molar-refractivity contribution < 1.29 is 13.2 Å². The van der Waals surface area contributed by atoms with Crippen molar-refractivity contribution in [2.75, 3.05) is 20.1 Å². The highest BCUT2D eigenvalue weighted by atomic mass is 32.2. The van der Waals surface area contributed by atoms with Gasteiger partial charge in [-0.3, -0.25) is 4.79 Å². The van der Waals surface area contributed by atoms with Crippen molar-refractivity contribution >= 4 is 15.9 Å². The fourth-order valence-corrected chi connectivity index (χ4v) is 6.36. The molecule has 2 aliphatic rings. The highest BCUT2D eigenvalue weighted by Crippen LogP contribution is 2.29. The maximum absolute atomic E-state index is 13.0. The molecule has 1 aliphatic heterocycles. The summed E-state index contributed by atoms with van der Waals surface area (Å²) in [5, 5.41) is 0. The lowest BCUT2D eigenvalue weighted by Gasteiger charge is -2.35. The summed E-state index contributed by atoms with van der Waals surface area (Å²) in [7, 11) is -1.55. The molecule has 0 atom stereocenters. The van der Waals surface area contributed by atoms with Crippen molar-refractivity contribution in [3.05, 3.63) is 29.3 Å². The molecule has 0 unspecified atom stereocenters. The average molecular weight is 407 g/mol. The maximum Gasteiger partial charge on any atom is 0.243 e. The van der Waals surface area contributed by atoms with Crippen molar-refractivity contribution in [2.45, 2.75) is 76.2 Å². The number of nitrogens with zero attached hydrogens (tertiary/aromatic N) is 2. The first-order valence-corrected chi connectivity index (χ1v) is 12.1. The molecule has 2 fully saturated rings. The number of hydrogen-bond acceptors (Lipinski definition) is 3. The monoisotopic (exact) mass is 406 g/mol. The lowest BCUT2D eigenvalue weighted by molar-refractivity contribution is -0.137. The molecule has 1 aromatic rings. The zero-order valence-corrected chi connectivity index (χ0v) is 18.3. The van der Waals surface area contributed by atoms with E-state index in [0.717, 1.165) is 24.0 Å². The summed E-state index contributed by atoms with van der Waals surface area (Å²) < 4.78 is 27.6. The first kappa shape index (κ1) is 21.3. The molecule has 1 saturated carbocycles. The molecule has 0 N–H and O–H groups in total. The molecule has 6 heteroatoms. The summed E-state index contributed by atoms with van der Waals surface area (Å²) in [6.07, 6.45) is 8.37. The molecule has 1 saturated heterocycles. The van der Waals surface area contributed by atoms with Crippen molar-refractivity contribution in [3.63, 3.8) is 0 Å². The van der Waals surface area contributed by atoms with Gasteiger partial charge in [-0.15, -0.1) is 0 Å². The van der Waals surface area contributed by atoms with Gasteiger partial charge in [-0.1, -0.05) is 43.4 Å². The van der Waals surface area contributed by atoms with Crippen LogP contribution in [0.15, 0.2) is 23.1 Å². The molecule has 0 spiro atoms. The van der Waals surface area contributed by atoms with Gasteiger partial charge in [0.2, 0.25) is 15.9 Å². The summed E-state index contributed by atoms with van der Waals surface area (Å²) in [5.74, 6) is 0.147. The zero-order valence-electron chi connectivity index (χ0n) is 17.5. The Morgan fingerprint density at radius 1 is 1.00 bits per heavy atom. The molecule has 1 aromatic carbocycles. The van der Waals surface area contributed by atoms with Crippen molar-refractivity contribution in [1.29, 1.82) is 0 Å². The number of carbonyl (C=O) groups is 1. The predicted octanol–water partition coefficient (Wildman–Crippen LogP) is 3.89. The smallest absolute Gasteiger partial charge is 0.243 e. The van der Waals surface area contributed by atoms with E-state index in [2.05, 4.69) is 0 Å². The van der Waals surface area contributed by atoms with Crippen LogP contribution in [0.3, 0.4) is 0 Å². The quantitative estimate of drug-likeness (QED) is 0.713.